The molecule has 0 unspecified atom stereocenters. The zero-order chi connectivity index (χ0) is 15.4. The largest absolute Gasteiger partial charge is 0.391 e. The zero-order valence-electron chi connectivity index (χ0n) is 13.6. The smallest absolute Gasteiger partial charge is 0.239 e. The van der Waals surface area contributed by atoms with Crippen LogP contribution in [-0.4, -0.2) is 42.3 Å². The van der Waals surface area contributed by atoms with Crippen LogP contribution in [0.25, 0.3) is 0 Å². The van der Waals surface area contributed by atoms with Gasteiger partial charge in [-0.25, -0.2) is 0 Å². The topological polar surface area (TPSA) is 78.6 Å². The number of hydrogen-bond donors (Lipinski definition) is 3. The molecule has 1 amide bonds. The molecule has 1 fully saturated rings. The van der Waals surface area contributed by atoms with Crippen molar-refractivity contribution in [2.45, 2.75) is 44.9 Å². The molecule has 1 aromatic carbocycles. The van der Waals surface area contributed by atoms with Crippen molar-refractivity contribution in [3.05, 3.63) is 29.8 Å². The van der Waals surface area contributed by atoms with Gasteiger partial charge in [0.15, 0.2) is 0 Å². The highest BCUT2D eigenvalue weighted by Crippen LogP contribution is 2.21. The van der Waals surface area contributed by atoms with Crippen LogP contribution in [0.1, 0.15) is 25.3 Å². The van der Waals surface area contributed by atoms with E-state index in [0.717, 1.165) is 25.9 Å². The fourth-order valence-corrected chi connectivity index (χ4v) is 2.62. The Morgan fingerprint density at radius 3 is 2.48 bits per heavy atom. The van der Waals surface area contributed by atoms with Crippen LogP contribution < -0.4 is 16.0 Å². The Kier molecular flexibility index (Phi) is 9.54. The molecule has 4 N–H and O–H groups in total. The number of amides is 1. The highest BCUT2D eigenvalue weighted by molar-refractivity contribution is 5.85. The van der Waals surface area contributed by atoms with Gasteiger partial charge in [0, 0.05) is 24.8 Å². The second-order valence-electron chi connectivity index (χ2n) is 5.88. The van der Waals surface area contributed by atoms with E-state index < -0.39 is 12.1 Å². The maximum atomic E-state index is 11.8. The first-order chi connectivity index (χ1) is 9.97. The van der Waals surface area contributed by atoms with Gasteiger partial charge in [-0.05, 0) is 44.4 Å². The van der Waals surface area contributed by atoms with E-state index in [1.54, 1.807) is 0 Å². The van der Waals surface area contributed by atoms with Crippen LogP contribution in [0.15, 0.2) is 24.3 Å². The Balaban J connectivity index is 0.00000242. The van der Waals surface area contributed by atoms with Crippen molar-refractivity contribution >= 4 is 36.4 Å². The number of anilines is 1. The number of aryl methyl sites for hydroxylation is 1. The normalized spacial score (nSPS) is 17.5. The molecule has 23 heavy (non-hydrogen) atoms. The van der Waals surface area contributed by atoms with Crippen molar-refractivity contribution in [1.29, 1.82) is 0 Å². The fourth-order valence-electron chi connectivity index (χ4n) is 2.62. The van der Waals surface area contributed by atoms with Gasteiger partial charge in [-0.1, -0.05) is 12.1 Å². The molecule has 0 bridgehead atoms. The summed E-state index contributed by atoms with van der Waals surface area (Å²) in [4.78, 5) is 14.2. The standard InChI is InChI=1S/C16H25N3O2.2ClH/c1-11-4-3-5-14(10-11)19-8-6-13(7-9-19)18-16(21)15(17)12(2)20;;/h3-5,10,12-13,15,20H,6-9,17H2,1-2H3,(H,18,21);2*1H/t12-,15+;;/m1../s1. The average molecular weight is 364 g/mol. The van der Waals surface area contributed by atoms with Gasteiger partial charge in [-0.2, -0.15) is 0 Å². The molecule has 1 aromatic rings. The number of nitrogens with one attached hydrogen (secondary N) is 1. The van der Waals surface area contributed by atoms with Gasteiger partial charge in [0.05, 0.1) is 6.10 Å². The van der Waals surface area contributed by atoms with Crippen molar-refractivity contribution in [2.24, 2.45) is 5.73 Å². The first kappa shape index (κ1) is 22.0. The summed E-state index contributed by atoms with van der Waals surface area (Å²) in [5, 5.41) is 12.3. The number of aliphatic hydroxyl groups excluding tert-OH is 1. The lowest BCUT2D eigenvalue weighted by Gasteiger charge is -2.34. The van der Waals surface area contributed by atoms with Crippen LogP contribution in [0.2, 0.25) is 0 Å². The van der Waals surface area contributed by atoms with E-state index in [1.807, 2.05) is 0 Å². The minimum Gasteiger partial charge on any atom is -0.391 e. The summed E-state index contributed by atoms with van der Waals surface area (Å²) in [7, 11) is 0. The summed E-state index contributed by atoms with van der Waals surface area (Å²) in [5.74, 6) is -0.265. The van der Waals surface area contributed by atoms with Crippen molar-refractivity contribution in [2.75, 3.05) is 18.0 Å². The van der Waals surface area contributed by atoms with E-state index in [9.17, 15) is 9.90 Å². The van der Waals surface area contributed by atoms with Crippen molar-refractivity contribution in [3.63, 3.8) is 0 Å². The zero-order valence-corrected chi connectivity index (χ0v) is 15.2. The number of carbonyl (C=O) groups excluding carboxylic acids is 1. The summed E-state index contributed by atoms with van der Waals surface area (Å²) in [6.07, 6.45) is 0.968. The predicted octanol–water partition coefficient (Wildman–Crippen LogP) is 1.63. The maximum absolute atomic E-state index is 11.8. The molecule has 1 saturated heterocycles. The summed E-state index contributed by atoms with van der Waals surface area (Å²) < 4.78 is 0. The quantitative estimate of drug-likeness (QED) is 0.759. The lowest BCUT2D eigenvalue weighted by Crippen LogP contribution is -2.52. The Labute approximate surface area is 150 Å². The SMILES string of the molecule is Cc1cccc(N2CCC(NC(=O)[C@@H](N)[C@@H](C)O)CC2)c1.Cl.Cl. The minimum absolute atomic E-state index is 0. The number of halogens is 2. The van der Waals surface area contributed by atoms with E-state index in [1.165, 1.54) is 18.2 Å². The molecule has 2 atom stereocenters. The molecule has 0 aliphatic carbocycles. The molecule has 1 heterocycles. The molecule has 0 saturated carbocycles. The van der Waals surface area contributed by atoms with E-state index in [-0.39, 0.29) is 36.8 Å². The third-order valence-electron chi connectivity index (χ3n) is 4.03. The first-order valence-corrected chi connectivity index (χ1v) is 7.53. The second-order valence-corrected chi connectivity index (χ2v) is 5.88. The molecule has 1 aliphatic rings. The fraction of sp³-hybridized carbons (Fsp3) is 0.562. The number of rotatable bonds is 4. The molecule has 0 spiro atoms. The van der Waals surface area contributed by atoms with E-state index >= 15 is 0 Å². The van der Waals surface area contributed by atoms with Crippen LogP contribution in [0.3, 0.4) is 0 Å². The molecule has 0 aromatic heterocycles. The Morgan fingerprint density at radius 1 is 1.35 bits per heavy atom. The molecule has 0 radical (unpaired) electrons. The number of nitrogens with two attached hydrogens (primary N) is 1. The van der Waals surface area contributed by atoms with Gasteiger partial charge >= 0.3 is 0 Å². The van der Waals surface area contributed by atoms with Gasteiger partial charge < -0.3 is 21.1 Å². The number of nitrogens with zero attached hydrogens (tertiary/aromatic N) is 1. The maximum Gasteiger partial charge on any atom is 0.239 e. The van der Waals surface area contributed by atoms with Crippen LogP contribution in [-0.2, 0) is 4.79 Å². The second kappa shape index (κ2) is 9.98. The van der Waals surface area contributed by atoms with Crippen LogP contribution in [0, 0.1) is 6.92 Å². The summed E-state index contributed by atoms with van der Waals surface area (Å²) in [5.41, 5.74) is 8.13. The Morgan fingerprint density at radius 2 is 1.96 bits per heavy atom. The minimum atomic E-state index is -0.847. The molecule has 2 rings (SSSR count). The average Bonchev–Trinajstić information content (AvgIpc) is 2.47. The van der Waals surface area contributed by atoms with Crippen molar-refractivity contribution in [1.82, 2.24) is 5.32 Å². The molecule has 132 valence electrons. The number of benzene rings is 1. The monoisotopic (exact) mass is 363 g/mol. The predicted molar refractivity (Wildman–Crippen MR) is 98.7 cm³/mol. The first-order valence-electron chi connectivity index (χ1n) is 7.53. The van der Waals surface area contributed by atoms with Gasteiger partial charge in [-0.3, -0.25) is 4.79 Å². The molecule has 5 nitrogen and oxygen atoms in total. The summed E-state index contributed by atoms with van der Waals surface area (Å²) in [6.45, 7) is 5.45. The van der Waals surface area contributed by atoms with Gasteiger partial charge in [-0.15, -0.1) is 24.8 Å². The van der Waals surface area contributed by atoms with E-state index in [4.69, 9.17) is 5.73 Å². The van der Waals surface area contributed by atoms with Gasteiger partial charge in [0.1, 0.15) is 6.04 Å². The van der Waals surface area contributed by atoms with Crippen LogP contribution in [0.5, 0.6) is 0 Å². The number of carbonyl (C=O) groups is 1. The van der Waals surface area contributed by atoms with Crippen LogP contribution in [0.4, 0.5) is 5.69 Å². The van der Waals surface area contributed by atoms with Crippen molar-refractivity contribution in [3.8, 4) is 0 Å². The summed E-state index contributed by atoms with van der Waals surface area (Å²) >= 11 is 0. The van der Waals surface area contributed by atoms with Gasteiger partial charge in [0.2, 0.25) is 5.91 Å². The Hall–Kier alpha value is -1.01. The number of aliphatic hydroxyl groups is 1. The third kappa shape index (κ3) is 6.18. The van der Waals surface area contributed by atoms with E-state index in [2.05, 4.69) is 41.4 Å². The molecule has 7 heteroatoms. The van der Waals surface area contributed by atoms with Crippen LogP contribution >= 0.6 is 24.8 Å². The lowest BCUT2D eigenvalue weighted by molar-refractivity contribution is -0.125. The van der Waals surface area contributed by atoms with E-state index in [0.29, 0.717) is 0 Å². The molecular weight excluding hydrogens is 337 g/mol. The highest BCUT2D eigenvalue weighted by Gasteiger charge is 2.25. The van der Waals surface area contributed by atoms with Crippen molar-refractivity contribution < 1.29 is 9.90 Å². The third-order valence-corrected chi connectivity index (χ3v) is 4.03. The summed E-state index contributed by atoms with van der Waals surface area (Å²) in [6, 6.07) is 7.76. The molecule has 1 aliphatic heterocycles. The Bertz CT molecular complexity index is 492. The number of piperidine rings is 1. The van der Waals surface area contributed by atoms with Gasteiger partial charge in [0.25, 0.3) is 0 Å². The highest BCUT2D eigenvalue weighted by atomic mass is 35.5. The lowest BCUT2D eigenvalue weighted by atomic mass is 10.0. The number of hydrogen-bond acceptors (Lipinski definition) is 4. The molecular formula is C16H27Cl2N3O2.